The molecule has 14 heavy (non-hydrogen) atoms. The predicted octanol–water partition coefficient (Wildman–Crippen LogP) is 1.20. The van der Waals surface area contributed by atoms with Gasteiger partial charge in [0.05, 0.1) is 12.1 Å². The van der Waals surface area contributed by atoms with Crippen molar-refractivity contribution in [3.63, 3.8) is 0 Å². The number of aliphatic hydroxyl groups is 1. The maximum Gasteiger partial charge on any atom is 0.0607 e. The molecule has 3 rings (SSSR count). The number of fused-ring (bicyclic) bond motifs is 3. The minimum atomic E-state index is -0.205. The van der Waals surface area contributed by atoms with Crippen molar-refractivity contribution in [2.45, 2.75) is 37.5 Å². The van der Waals surface area contributed by atoms with Crippen LogP contribution in [0.1, 0.15) is 37.0 Å². The number of aliphatic hydroxyl groups excluding tert-OH is 1. The van der Waals surface area contributed by atoms with Gasteiger partial charge in [0.15, 0.2) is 0 Å². The Balaban J connectivity index is 2.03. The lowest BCUT2D eigenvalue weighted by Gasteiger charge is -2.32. The molecule has 0 unspecified atom stereocenters. The summed E-state index contributed by atoms with van der Waals surface area (Å²) in [7, 11) is 0. The van der Waals surface area contributed by atoms with Gasteiger partial charge in [0, 0.05) is 23.9 Å². The van der Waals surface area contributed by atoms with E-state index in [-0.39, 0.29) is 18.1 Å². The molecule has 3 nitrogen and oxygen atoms in total. The number of hydrogen-bond acceptors (Lipinski definition) is 2. The van der Waals surface area contributed by atoms with Crippen molar-refractivity contribution in [2.24, 2.45) is 11.7 Å². The van der Waals surface area contributed by atoms with Gasteiger partial charge in [-0.15, -0.1) is 0 Å². The van der Waals surface area contributed by atoms with E-state index >= 15 is 0 Å². The van der Waals surface area contributed by atoms with Crippen LogP contribution in [0.4, 0.5) is 0 Å². The standard InChI is InChI=1S/C11H16N2O/c12-11-8-4-2-6-13(8)7-3-1-5-9(14)10(7)11/h2,4,6-7,9-11,14H,1,3,5,12H2/t7-,9+,10-,11-/m0/s1. The van der Waals surface area contributed by atoms with E-state index < -0.39 is 0 Å². The Morgan fingerprint density at radius 2 is 2.29 bits per heavy atom. The summed E-state index contributed by atoms with van der Waals surface area (Å²) in [5.41, 5.74) is 7.35. The second-order valence-electron chi connectivity index (χ2n) is 4.51. The Morgan fingerprint density at radius 1 is 1.43 bits per heavy atom. The first kappa shape index (κ1) is 8.50. The van der Waals surface area contributed by atoms with Crippen molar-refractivity contribution in [2.75, 3.05) is 0 Å². The number of hydrogen-bond donors (Lipinski definition) is 2. The topological polar surface area (TPSA) is 51.2 Å². The van der Waals surface area contributed by atoms with E-state index in [1.807, 2.05) is 6.07 Å². The summed E-state index contributed by atoms with van der Waals surface area (Å²) >= 11 is 0. The first-order valence-electron chi connectivity index (χ1n) is 5.39. The zero-order valence-electron chi connectivity index (χ0n) is 8.13. The number of aromatic nitrogens is 1. The zero-order chi connectivity index (χ0) is 9.71. The Labute approximate surface area is 83.5 Å². The SMILES string of the molecule is N[C@H]1c2cccn2[C@H]2CCC[C@@H](O)[C@@H]12. The molecule has 0 bridgehead atoms. The van der Waals surface area contributed by atoms with E-state index in [9.17, 15) is 5.11 Å². The van der Waals surface area contributed by atoms with Crippen LogP contribution >= 0.6 is 0 Å². The largest absolute Gasteiger partial charge is 0.393 e. The molecule has 0 saturated heterocycles. The molecule has 1 aliphatic heterocycles. The highest BCUT2D eigenvalue weighted by molar-refractivity contribution is 5.21. The maximum absolute atomic E-state index is 9.95. The van der Waals surface area contributed by atoms with E-state index in [0.29, 0.717) is 6.04 Å². The van der Waals surface area contributed by atoms with Crippen LogP contribution in [0, 0.1) is 5.92 Å². The van der Waals surface area contributed by atoms with Gasteiger partial charge >= 0.3 is 0 Å². The molecule has 1 saturated carbocycles. The normalized spacial score (nSPS) is 40.7. The lowest BCUT2D eigenvalue weighted by molar-refractivity contribution is 0.0392. The molecule has 3 N–H and O–H groups in total. The second-order valence-corrected chi connectivity index (χ2v) is 4.51. The van der Waals surface area contributed by atoms with Crippen LogP contribution in [0.25, 0.3) is 0 Å². The summed E-state index contributed by atoms with van der Waals surface area (Å²) in [6.45, 7) is 0. The van der Waals surface area contributed by atoms with Gasteiger partial charge in [-0.2, -0.15) is 0 Å². The molecule has 1 aromatic heterocycles. The monoisotopic (exact) mass is 192 g/mol. The minimum Gasteiger partial charge on any atom is -0.393 e. The molecule has 2 heterocycles. The minimum absolute atomic E-state index is 0.0327. The molecular weight excluding hydrogens is 176 g/mol. The van der Waals surface area contributed by atoms with E-state index in [4.69, 9.17) is 5.73 Å². The number of nitrogens with two attached hydrogens (primary N) is 1. The van der Waals surface area contributed by atoms with Crippen molar-refractivity contribution in [1.82, 2.24) is 4.57 Å². The molecule has 1 fully saturated rings. The average Bonchev–Trinajstić information content (AvgIpc) is 2.71. The van der Waals surface area contributed by atoms with Gasteiger partial charge in [-0.05, 0) is 31.4 Å². The van der Waals surface area contributed by atoms with Crippen molar-refractivity contribution in [1.29, 1.82) is 0 Å². The lowest BCUT2D eigenvalue weighted by Crippen LogP contribution is -2.34. The van der Waals surface area contributed by atoms with Crippen LogP contribution in [0.2, 0.25) is 0 Å². The summed E-state index contributed by atoms with van der Waals surface area (Å²) in [6.07, 6.45) is 5.09. The van der Waals surface area contributed by atoms with Crippen LogP contribution in [0.5, 0.6) is 0 Å². The van der Waals surface area contributed by atoms with E-state index in [0.717, 1.165) is 19.3 Å². The first-order valence-corrected chi connectivity index (χ1v) is 5.39. The smallest absolute Gasteiger partial charge is 0.0607 e. The fourth-order valence-corrected chi connectivity index (χ4v) is 3.17. The Hall–Kier alpha value is -0.800. The van der Waals surface area contributed by atoms with Crippen LogP contribution in [-0.2, 0) is 0 Å². The fourth-order valence-electron chi connectivity index (χ4n) is 3.17. The highest BCUT2D eigenvalue weighted by atomic mass is 16.3. The molecule has 4 atom stereocenters. The van der Waals surface area contributed by atoms with Gasteiger partial charge in [-0.1, -0.05) is 0 Å². The quantitative estimate of drug-likeness (QED) is 0.649. The zero-order valence-corrected chi connectivity index (χ0v) is 8.13. The third-order valence-corrected chi connectivity index (χ3v) is 3.81. The second kappa shape index (κ2) is 2.84. The molecule has 2 aliphatic rings. The lowest BCUT2D eigenvalue weighted by atomic mass is 9.80. The molecule has 0 radical (unpaired) electrons. The van der Waals surface area contributed by atoms with E-state index in [2.05, 4.69) is 16.8 Å². The summed E-state index contributed by atoms with van der Waals surface area (Å²) in [5, 5.41) is 9.95. The van der Waals surface area contributed by atoms with Gasteiger partial charge in [0.1, 0.15) is 0 Å². The summed E-state index contributed by atoms with van der Waals surface area (Å²) in [5.74, 6) is 0.250. The molecule has 1 aromatic rings. The molecule has 0 amide bonds. The van der Waals surface area contributed by atoms with Crippen molar-refractivity contribution >= 4 is 0 Å². The van der Waals surface area contributed by atoms with Gasteiger partial charge in [0.25, 0.3) is 0 Å². The van der Waals surface area contributed by atoms with Crippen LogP contribution in [0.15, 0.2) is 18.3 Å². The molecule has 0 spiro atoms. The fraction of sp³-hybridized carbons (Fsp3) is 0.636. The first-order chi connectivity index (χ1) is 6.79. The number of nitrogens with zero attached hydrogens (tertiary/aromatic N) is 1. The molecule has 76 valence electrons. The third-order valence-electron chi connectivity index (χ3n) is 3.81. The Bertz CT molecular complexity index is 347. The van der Waals surface area contributed by atoms with Crippen LogP contribution < -0.4 is 5.73 Å². The summed E-state index contributed by atoms with van der Waals surface area (Å²) in [4.78, 5) is 0. The molecule has 1 aliphatic carbocycles. The summed E-state index contributed by atoms with van der Waals surface area (Å²) < 4.78 is 2.26. The predicted molar refractivity (Wildman–Crippen MR) is 53.7 cm³/mol. The molecular formula is C11H16N2O. The van der Waals surface area contributed by atoms with E-state index in [1.165, 1.54) is 5.69 Å². The van der Waals surface area contributed by atoms with Gasteiger partial charge < -0.3 is 15.4 Å². The Kier molecular flexibility index (Phi) is 1.73. The van der Waals surface area contributed by atoms with E-state index in [1.54, 1.807) is 0 Å². The average molecular weight is 192 g/mol. The van der Waals surface area contributed by atoms with Crippen molar-refractivity contribution in [3.8, 4) is 0 Å². The third kappa shape index (κ3) is 0.940. The van der Waals surface area contributed by atoms with Crippen LogP contribution in [-0.4, -0.2) is 15.8 Å². The van der Waals surface area contributed by atoms with Gasteiger partial charge in [-0.3, -0.25) is 0 Å². The highest BCUT2D eigenvalue weighted by Crippen LogP contribution is 2.46. The highest BCUT2D eigenvalue weighted by Gasteiger charge is 2.44. The molecule has 3 heteroatoms. The van der Waals surface area contributed by atoms with Crippen molar-refractivity contribution in [3.05, 3.63) is 24.0 Å². The van der Waals surface area contributed by atoms with Crippen molar-refractivity contribution < 1.29 is 5.11 Å². The maximum atomic E-state index is 9.95. The summed E-state index contributed by atoms with van der Waals surface area (Å²) in [6, 6.07) is 4.60. The Morgan fingerprint density at radius 3 is 3.14 bits per heavy atom. The van der Waals surface area contributed by atoms with Gasteiger partial charge in [0.2, 0.25) is 0 Å². The van der Waals surface area contributed by atoms with Gasteiger partial charge in [-0.25, -0.2) is 0 Å². The van der Waals surface area contributed by atoms with Crippen LogP contribution in [0.3, 0.4) is 0 Å². The molecule has 0 aromatic carbocycles. The number of rotatable bonds is 0.